The van der Waals surface area contributed by atoms with Crippen molar-refractivity contribution in [2.75, 3.05) is 5.32 Å². The average molecular weight is 469 g/mol. The number of nitrogens with zero attached hydrogens (tertiary/aromatic N) is 3. The van der Waals surface area contributed by atoms with Crippen LogP contribution in [0, 0.1) is 5.92 Å². The maximum atomic E-state index is 13.3. The van der Waals surface area contributed by atoms with E-state index < -0.39 is 11.3 Å². The van der Waals surface area contributed by atoms with Gasteiger partial charge in [0.2, 0.25) is 5.91 Å². The lowest BCUT2D eigenvalue weighted by Crippen LogP contribution is -2.42. The molecule has 0 aliphatic carbocycles. The number of nitrogens with one attached hydrogen (secondary N) is 1. The maximum absolute atomic E-state index is 13.3. The normalized spacial score (nSPS) is 18.1. The predicted molar refractivity (Wildman–Crippen MR) is 132 cm³/mol. The molecule has 6 nitrogen and oxygen atoms in total. The second kappa shape index (κ2) is 9.46. The van der Waals surface area contributed by atoms with E-state index in [1.165, 1.54) is 11.8 Å². The predicted octanol–water partition coefficient (Wildman–Crippen LogP) is 5.50. The van der Waals surface area contributed by atoms with E-state index in [4.69, 9.17) is 21.6 Å². The molecule has 0 aromatic heterocycles. The first kappa shape index (κ1) is 22.6. The first-order chi connectivity index (χ1) is 15.4. The van der Waals surface area contributed by atoms with Gasteiger partial charge in [-0.05, 0) is 49.1 Å². The lowest BCUT2D eigenvalue weighted by molar-refractivity contribution is -0.125. The number of anilines is 1. The molecule has 32 heavy (non-hydrogen) atoms. The fourth-order valence-corrected chi connectivity index (χ4v) is 4.93. The summed E-state index contributed by atoms with van der Waals surface area (Å²) in [6.07, 6.45) is 1.24. The van der Waals surface area contributed by atoms with Crippen LogP contribution >= 0.6 is 23.4 Å². The molecule has 8 heteroatoms. The lowest BCUT2D eigenvalue weighted by Gasteiger charge is -2.27. The zero-order chi connectivity index (χ0) is 22.8. The van der Waals surface area contributed by atoms with Crippen LogP contribution in [-0.4, -0.2) is 39.0 Å². The van der Waals surface area contributed by atoms with Crippen LogP contribution in [0.3, 0.4) is 0 Å². The second-order valence-electron chi connectivity index (χ2n) is 8.20. The largest absolute Gasteiger partial charge is 0.325 e. The molecule has 2 amide bonds. The van der Waals surface area contributed by atoms with E-state index in [1.54, 1.807) is 29.2 Å². The third kappa shape index (κ3) is 4.59. The summed E-state index contributed by atoms with van der Waals surface area (Å²) in [6.45, 7) is 6.10. The standard InChI is InChI=1S/C24H25ClN4O2S/c1-4-20(22(30)26-16-9-7-8-15(25)13-16)32-24-28-18-11-6-5-10-17(18)21-27-19(12-14(2)3)23(31)29(21)24/h5-11,13-14,19-20H,4,12H2,1-3H3,(H,26,30)/t19-,20-/m0/s1. The molecule has 0 saturated carbocycles. The second-order valence-corrected chi connectivity index (χ2v) is 9.80. The van der Waals surface area contributed by atoms with E-state index in [9.17, 15) is 9.59 Å². The Bertz CT molecular complexity index is 1110. The molecule has 2 aromatic carbocycles. The summed E-state index contributed by atoms with van der Waals surface area (Å²) in [5, 5.41) is 3.53. The Kier molecular flexibility index (Phi) is 6.67. The zero-order valence-electron chi connectivity index (χ0n) is 18.2. The Morgan fingerprint density at radius 1 is 1.22 bits per heavy atom. The average Bonchev–Trinajstić information content (AvgIpc) is 3.08. The van der Waals surface area contributed by atoms with Gasteiger partial charge in [-0.15, -0.1) is 0 Å². The highest BCUT2D eigenvalue weighted by atomic mass is 35.5. The minimum Gasteiger partial charge on any atom is -0.325 e. The molecule has 1 N–H and O–H groups in total. The summed E-state index contributed by atoms with van der Waals surface area (Å²) < 4.78 is 0. The Labute approximate surface area is 197 Å². The minimum absolute atomic E-state index is 0.0837. The zero-order valence-corrected chi connectivity index (χ0v) is 19.8. The van der Waals surface area contributed by atoms with Gasteiger partial charge in [-0.25, -0.2) is 9.89 Å². The number of benzene rings is 2. The van der Waals surface area contributed by atoms with Gasteiger partial charge in [0.25, 0.3) is 5.91 Å². The molecule has 0 spiro atoms. The number of carbonyl (C=O) groups excluding carboxylic acids is 2. The Morgan fingerprint density at radius 2 is 2.00 bits per heavy atom. The molecule has 4 rings (SSSR count). The number of thioether (sulfide) groups is 1. The first-order valence-corrected chi connectivity index (χ1v) is 12.0. The number of para-hydroxylation sites is 1. The highest BCUT2D eigenvalue weighted by Crippen LogP contribution is 2.36. The smallest absolute Gasteiger partial charge is 0.259 e. The molecule has 2 atom stereocenters. The first-order valence-electron chi connectivity index (χ1n) is 10.7. The highest BCUT2D eigenvalue weighted by molar-refractivity contribution is 8.15. The van der Waals surface area contributed by atoms with Crippen LogP contribution in [0.4, 0.5) is 11.4 Å². The van der Waals surface area contributed by atoms with Crippen molar-refractivity contribution in [3.05, 3.63) is 59.1 Å². The van der Waals surface area contributed by atoms with Crippen molar-refractivity contribution in [2.45, 2.75) is 44.9 Å². The SMILES string of the molecule is CC[C@H](SC1=Nc2ccccc2C2=N[C@@H](CC(C)C)C(=O)N12)C(=O)Nc1cccc(Cl)c1. The third-order valence-electron chi connectivity index (χ3n) is 5.25. The van der Waals surface area contributed by atoms with Gasteiger partial charge < -0.3 is 5.32 Å². The van der Waals surface area contributed by atoms with Crippen molar-refractivity contribution in [3.63, 3.8) is 0 Å². The van der Waals surface area contributed by atoms with Crippen LogP contribution in [0.1, 0.15) is 39.2 Å². The van der Waals surface area contributed by atoms with Gasteiger partial charge in [-0.2, -0.15) is 0 Å². The van der Waals surface area contributed by atoms with Crippen LogP contribution < -0.4 is 5.32 Å². The molecule has 2 aromatic rings. The fourth-order valence-electron chi connectivity index (χ4n) is 3.72. The summed E-state index contributed by atoms with van der Waals surface area (Å²) in [5.74, 6) is 0.716. The van der Waals surface area contributed by atoms with Crippen molar-refractivity contribution in [3.8, 4) is 0 Å². The molecule has 0 unspecified atom stereocenters. The summed E-state index contributed by atoms with van der Waals surface area (Å²) in [5.41, 5.74) is 2.23. The van der Waals surface area contributed by atoms with Gasteiger partial charge in [-0.3, -0.25) is 14.6 Å². The number of amides is 2. The number of hydrogen-bond acceptors (Lipinski definition) is 5. The molecule has 0 bridgehead atoms. The van der Waals surface area contributed by atoms with E-state index in [0.29, 0.717) is 40.5 Å². The molecule has 2 aliphatic rings. The third-order valence-corrected chi connectivity index (χ3v) is 6.80. The maximum Gasteiger partial charge on any atom is 0.259 e. The number of hydrogen-bond donors (Lipinski definition) is 1. The van der Waals surface area contributed by atoms with Crippen molar-refractivity contribution in [1.82, 2.24) is 4.90 Å². The number of carbonyl (C=O) groups is 2. The van der Waals surface area contributed by atoms with E-state index in [0.717, 1.165) is 11.3 Å². The highest BCUT2D eigenvalue weighted by Gasteiger charge is 2.42. The van der Waals surface area contributed by atoms with Crippen LogP contribution in [0.25, 0.3) is 0 Å². The van der Waals surface area contributed by atoms with Gasteiger partial charge in [0.15, 0.2) is 5.17 Å². The Hall–Kier alpha value is -2.64. The van der Waals surface area contributed by atoms with Crippen molar-refractivity contribution in [1.29, 1.82) is 0 Å². The number of amidine groups is 2. The summed E-state index contributed by atoms with van der Waals surface area (Å²) in [6, 6.07) is 14.3. The van der Waals surface area contributed by atoms with Crippen LogP contribution in [0.2, 0.25) is 5.02 Å². The minimum atomic E-state index is -0.434. The van der Waals surface area contributed by atoms with Crippen LogP contribution in [0.15, 0.2) is 58.5 Å². The molecular formula is C24H25ClN4O2S. The van der Waals surface area contributed by atoms with Crippen LogP contribution in [-0.2, 0) is 9.59 Å². The fraction of sp³-hybridized carbons (Fsp3) is 0.333. The molecule has 2 heterocycles. The molecular weight excluding hydrogens is 444 g/mol. The van der Waals surface area contributed by atoms with Crippen molar-refractivity contribution < 1.29 is 9.59 Å². The molecule has 0 saturated heterocycles. The van der Waals surface area contributed by atoms with E-state index in [-0.39, 0.29) is 11.8 Å². The van der Waals surface area contributed by atoms with Crippen LogP contribution in [0.5, 0.6) is 0 Å². The number of aliphatic imine (C=N–C) groups is 2. The van der Waals surface area contributed by atoms with Gasteiger partial charge in [0.1, 0.15) is 11.9 Å². The number of halogens is 1. The lowest BCUT2D eigenvalue weighted by atomic mass is 10.0. The molecule has 0 fully saturated rings. The Balaban J connectivity index is 1.62. The summed E-state index contributed by atoms with van der Waals surface area (Å²) in [4.78, 5) is 37.4. The number of fused-ring (bicyclic) bond motifs is 3. The molecule has 2 aliphatic heterocycles. The summed E-state index contributed by atoms with van der Waals surface area (Å²) in [7, 11) is 0. The van der Waals surface area contributed by atoms with Crippen molar-refractivity contribution in [2.24, 2.45) is 15.9 Å². The molecule has 166 valence electrons. The van der Waals surface area contributed by atoms with E-state index in [1.807, 2.05) is 31.2 Å². The monoisotopic (exact) mass is 468 g/mol. The van der Waals surface area contributed by atoms with Gasteiger partial charge in [-0.1, -0.05) is 62.3 Å². The van der Waals surface area contributed by atoms with E-state index >= 15 is 0 Å². The summed E-state index contributed by atoms with van der Waals surface area (Å²) >= 11 is 7.33. The topological polar surface area (TPSA) is 74.1 Å². The van der Waals surface area contributed by atoms with Gasteiger partial charge >= 0.3 is 0 Å². The van der Waals surface area contributed by atoms with Crippen molar-refractivity contribution >= 4 is 57.6 Å². The quantitative estimate of drug-likeness (QED) is 0.608. The molecule has 0 radical (unpaired) electrons. The van der Waals surface area contributed by atoms with Gasteiger partial charge in [0.05, 0.1) is 10.9 Å². The number of rotatable bonds is 6. The Morgan fingerprint density at radius 3 is 2.72 bits per heavy atom. The van der Waals surface area contributed by atoms with Gasteiger partial charge in [0, 0.05) is 16.3 Å². The van der Waals surface area contributed by atoms with E-state index in [2.05, 4.69) is 19.2 Å².